The summed E-state index contributed by atoms with van der Waals surface area (Å²) in [6, 6.07) is 1.69. The van der Waals surface area contributed by atoms with Gasteiger partial charge < -0.3 is 14.9 Å². The van der Waals surface area contributed by atoms with Gasteiger partial charge in [0.05, 0.1) is 4.92 Å². The molecule has 8 nitrogen and oxygen atoms in total. The van der Waals surface area contributed by atoms with Gasteiger partial charge in [-0.25, -0.2) is 9.78 Å². The van der Waals surface area contributed by atoms with Gasteiger partial charge in [0.2, 0.25) is 0 Å². The molecule has 1 aliphatic heterocycles. The smallest absolute Gasteiger partial charge is 0.407 e. The zero-order valence-corrected chi connectivity index (χ0v) is 14.5. The highest BCUT2D eigenvalue weighted by Crippen LogP contribution is 2.28. The monoisotopic (exact) mass is 336 g/mol. The average molecular weight is 336 g/mol. The van der Waals surface area contributed by atoms with Gasteiger partial charge in [-0.15, -0.1) is 0 Å². The first-order valence-electron chi connectivity index (χ1n) is 7.99. The van der Waals surface area contributed by atoms with E-state index in [9.17, 15) is 20.0 Å². The van der Waals surface area contributed by atoms with Gasteiger partial charge in [0, 0.05) is 30.2 Å². The fourth-order valence-corrected chi connectivity index (χ4v) is 3.24. The maximum absolute atomic E-state index is 11.6. The summed E-state index contributed by atoms with van der Waals surface area (Å²) in [5.41, 5.74) is 0.147. The van der Waals surface area contributed by atoms with Crippen LogP contribution in [-0.2, 0) is 0 Å². The molecule has 1 aromatic rings. The molecule has 1 amide bonds. The van der Waals surface area contributed by atoms with Gasteiger partial charge in [-0.3, -0.25) is 10.1 Å². The van der Waals surface area contributed by atoms with Gasteiger partial charge >= 0.3 is 6.09 Å². The first kappa shape index (κ1) is 18.0. The Labute approximate surface area is 141 Å². The van der Waals surface area contributed by atoms with Crippen LogP contribution in [-0.4, -0.2) is 50.7 Å². The van der Waals surface area contributed by atoms with Crippen LogP contribution in [0.25, 0.3) is 0 Å². The second-order valence-corrected chi connectivity index (χ2v) is 7.13. The summed E-state index contributed by atoms with van der Waals surface area (Å²) in [6.45, 7) is 8.74. The third-order valence-corrected chi connectivity index (χ3v) is 4.35. The number of carboxylic acid groups (broad SMARTS) is 1. The van der Waals surface area contributed by atoms with E-state index < -0.39 is 16.6 Å². The highest BCUT2D eigenvalue weighted by atomic mass is 16.6. The number of nitro groups is 1. The van der Waals surface area contributed by atoms with Crippen molar-refractivity contribution in [1.82, 2.24) is 9.88 Å². The summed E-state index contributed by atoms with van der Waals surface area (Å²) >= 11 is 0. The minimum Gasteiger partial charge on any atom is -0.465 e. The Morgan fingerprint density at radius 3 is 2.42 bits per heavy atom. The van der Waals surface area contributed by atoms with Crippen LogP contribution in [0.2, 0.25) is 0 Å². The number of hydrogen-bond acceptors (Lipinski definition) is 5. The number of aromatic nitrogens is 1. The molecule has 1 aliphatic rings. The first-order valence-corrected chi connectivity index (χ1v) is 7.99. The van der Waals surface area contributed by atoms with Crippen molar-refractivity contribution in [2.45, 2.75) is 52.1 Å². The Morgan fingerprint density at radius 2 is 2.00 bits per heavy atom. The lowest BCUT2D eigenvalue weighted by Gasteiger charge is -2.43. The van der Waals surface area contributed by atoms with E-state index in [4.69, 9.17) is 0 Å². The molecule has 1 N–H and O–H groups in total. The maximum atomic E-state index is 11.6. The molecule has 8 heteroatoms. The predicted octanol–water partition coefficient (Wildman–Crippen LogP) is 3.05. The Hall–Kier alpha value is -2.38. The average Bonchev–Trinajstić information content (AvgIpc) is 2.45. The number of anilines is 1. The number of nitrogens with zero attached hydrogens (tertiary/aromatic N) is 4. The van der Waals surface area contributed by atoms with E-state index >= 15 is 0 Å². The summed E-state index contributed by atoms with van der Waals surface area (Å²) in [5.74, 6) is 0.703. The molecule has 0 aliphatic carbocycles. The van der Waals surface area contributed by atoms with Crippen molar-refractivity contribution in [3.63, 3.8) is 0 Å². The molecule has 0 unspecified atom stereocenters. The molecule has 0 radical (unpaired) electrons. The molecule has 2 heterocycles. The van der Waals surface area contributed by atoms with Gasteiger partial charge in [-0.1, -0.05) is 0 Å². The van der Waals surface area contributed by atoms with Crippen LogP contribution in [0.5, 0.6) is 0 Å². The zero-order chi connectivity index (χ0) is 18.1. The van der Waals surface area contributed by atoms with Crippen molar-refractivity contribution in [1.29, 1.82) is 0 Å². The Morgan fingerprint density at radius 1 is 1.42 bits per heavy atom. The summed E-state index contributed by atoms with van der Waals surface area (Å²) in [5, 5.41) is 20.4. The van der Waals surface area contributed by atoms with Crippen LogP contribution < -0.4 is 4.90 Å². The van der Waals surface area contributed by atoms with Crippen molar-refractivity contribution in [3.8, 4) is 0 Å². The van der Waals surface area contributed by atoms with E-state index in [-0.39, 0.29) is 11.7 Å². The van der Waals surface area contributed by atoms with Crippen LogP contribution in [0.3, 0.4) is 0 Å². The zero-order valence-electron chi connectivity index (χ0n) is 14.5. The first-order chi connectivity index (χ1) is 11.1. The lowest BCUT2D eigenvalue weighted by atomic mass is 9.97. The molecule has 132 valence electrons. The van der Waals surface area contributed by atoms with E-state index in [1.807, 2.05) is 20.8 Å². The van der Waals surface area contributed by atoms with Gasteiger partial charge in [-0.05, 0) is 46.6 Å². The number of amides is 1. The van der Waals surface area contributed by atoms with Crippen LogP contribution in [0.15, 0.2) is 12.3 Å². The second-order valence-electron chi connectivity index (χ2n) is 7.13. The molecule has 0 saturated carbocycles. The molecule has 0 atom stereocenters. The maximum Gasteiger partial charge on any atom is 0.407 e. The largest absolute Gasteiger partial charge is 0.465 e. The van der Waals surface area contributed by atoms with E-state index in [2.05, 4.69) is 9.88 Å². The number of hydrogen-bond donors (Lipinski definition) is 1. The molecule has 24 heavy (non-hydrogen) atoms. The number of aryl methyl sites for hydroxylation is 1. The second kappa shape index (κ2) is 6.62. The fraction of sp³-hybridized carbons (Fsp3) is 0.625. The molecule has 1 saturated heterocycles. The third kappa shape index (κ3) is 3.74. The quantitative estimate of drug-likeness (QED) is 0.672. The van der Waals surface area contributed by atoms with Crippen molar-refractivity contribution in [2.24, 2.45) is 0 Å². The third-order valence-electron chi connectivity index (χ3n) is 4.35. The van der Waals surface area contributed by atoms with E-state index in [0.29, 0.717) is 37.3 Å². The molecule has 1 aromatic heterocycles. The predicted molar refractivity (Wildman–Crippen MR) is 90.5 cm³/mol. The molecular formula is C16H24N4O4. The van der Waals surface area contributed by atoms with Gasteiger partial charge in [-0.2, -0.15) is 0 Å². The standard InChI is InChI=1S/C16H24N4O4/c1-11-9-14(17-10-13(11)20(23)24)18-7-5-12(6-8-18)19(15(21)22)16(2,3)4/h9-10,12H,5-8H2,1-4H3,(H,21,22). The topological polar surface area (TPSA) is 99.8 Å². The number of carbonyl (C=O) groups is 1. The Balaban J connectivity index is 2.09. The fourth-order valence-electron chi connectivity index (χ4n) is 3.24. The van der Waals surface area contributed by atoms with Crippen LogP contribution >= 0.6 is 0 Å². The van der Waals surface area contributed by atoms with Gasteiger partial charge in [0.25, 0.3) is 5.69 Å². The molecule has 2 rings (SSSR count). The van der Waals surface area contributed by atoms with Crippen molar-refractivity contribution in [2.75, 3.05) is 18.0 Å². The Bertz CT molecular complexity index is 633. The number of rotatable bonds is 3. The summed E-state index contributed by atoms with van der Waals surface area (Å²) in [4.78, 5) is 29.8. The highest BCUT2D eigenvalue weighted by Gasteiger charge is 2.35. The molecule has 0 spiro atoms. The minimum absolute atomic E-state index is 0.0124. The Kier molecular flexibility index (Phi) is 4.96. The van der Waals surface area contributed by atoms with Crippen molar-refractivity contribution in [3.05, 3.63) is 27.9 Å². The summed E-state index contributed by atoms with van der Waals surface area (Å²) in [7, 11) is 0. The minimum atomic E-state index is -0.898. The molecule has 0 aromatic carbocycles. The SMILES string of the molecule is Cc1cc(N2CCC(N(C(=O)O)C(C)(C)C)CC2)ncc1[N+](=O)[O-]. The molecular weight excluding hydrogens is 312 g/mol. The van der Waals surface area contributed by atoms with Crippen LogP contribution in [0.4, 0.5) is 16.3 Å². The summed E-state index contributed by atoms with van der Waals surface area (Å²) in [6.07, 6.45) is 1.81. The summed E-state index contributed by atoms with van der Waals surface area (Å²) < 4.78 is 0. The molecule has 1 fully saturated rings. The van der Waals surface area contributed by atoms with Crippen molar-refractivity contribution < 1.29 is 14.8 Å². The van der Waals surface area contributed by atoms with E-state index in [0.717, 1.165) is 0 Å². The normalized spacial score (nSPS) is 16.1. The van der Waals surface area contributed by atoms with Crippen molar-refractivity contribution >= 4 is 17.6 Å². The lowest BCUT2D eigenvalue weighted by Crippen LogP contribution is -2.54. The van der Waals surface area contributed by atoms with Crippen LogP contribution in [0.1, 0.15) is 39.2 Å². The lowest BCUT2D eigenvalue weighted by molar-refractivity contribution is -0.385. The number of pyridine rings is 1. The van der Waals surface area contributed by atoms with Crippen LogP contribution in [0, 0.1) is 17.0 Å². The van der Waals surface area contributed by atoms with E-state index in [1.165, 1.54) is 11.1 Å². The van der Waals surface area contributed by atoms with E-state index in [1.54, 1.807) is 13.0 Å². The van der Waals surface area contributed by atoms with Gasteiger partial charge in [0.1, 0.15) is 12.0 Å². The highest BCUT2D eigenvalue weighted by molar-refractivity contribution is 5.66. The number of piperidine rings is 1. The molecule has 0 bridgehead atoms. The van der Waals surface area contributed by atoms with Gasteiger partial charge in [0.15, 0.2) is 0 Å².